The molecule has 0 saturated carbocycles. The number of methoxy groups -OCH3 is 1. The number of carbonyl (C=O) groups is 2. The third-order valence-electron chi connectivity index (χ3n) is 3.20. The van der Waals surface area contributed by atoms with Crippen LogP contribution < -0.4 is 5.73 Å². The zero-order chi connectivity index (χ0) is 13.5. The van der Waals surface area contributed by atoms with E-state index in [-0.39, 0.29) is 11.8 Å². The lowest BCUT2D eigenvalue weighted by Gasteiger charge is -2.24. The molecule has 1 aliphatic rings. The molecule has 1 heterocycles. The lowest BCUT2D eigenvalue weighted by atomic mass is 10.2. The molecule has 0 aliphatic carbocycles. The van der Waals surface area contributed by atoms with E-state index in [1.807, 2.05) is 0 Å². The Bertz CT molecular complexity index is 296. The third-order valence-corrected chi connectivity index (χ3v) is 3.20. The summed E-state index contributed by atoms with van der Waals surface area (Å²) < 4.78 is 4.92. The average Bonchev–Trinajstić information content (AvgIpc) is 2.60. The normalized spacial score (nSPS) is 18.4. The van der Waals surface area contributed by atoms with Crippen LogP contribution in [0.15, 0.2) is 0 Å². The fourth-order valence-electron chi connectivity index (χ4n) is 2.06. The summed E-state index contributed by atoms with van der Waals surface area (Å²) in [4.78, 5) is 26.9. The predicted molar refractivity (Wildman–Crippen MR) is 67.9 cm³/mol. The van der Waals surface area contributed by atoms with Gasteiger partial charge in [-0.15, -0.1) is 0 Å². The number of nitrogens with zero attached hydrogens (tertiary/aromatic N) is 2. The fourth-order valence-corrected chi connectivity index (χ4v) is 2.06. The van der Waals surface area contributed by atoms with Crippen molar-refractivity contribution in [2.24, 2.45) is 5.73 Å². The molecular weight excluding hydrogens is 234 g/mol. The van der Waals surface area contributed by atoms with Crippen LogP contribution in [-0.2, 0) is 14.3 Å². The van der Waals surface area contributed by atoms with Gasteiger partial charge >= 0.3 is 0 Å². The number of hydrogen-bond donors (Lipinski definition) is 1. The van der Waals surface area contributed by atoms with Crippen LogP contribution in [0, 0.1) is 0 Å². The second kappa shape index (κ2) is 7.33. The Labute approximate surface area is 108 Å². The first-order valence-electron chi connectivity index (χ1n) is 6.35. The van der Waals surface area contributed by atoms with Gasteiger partial charge in [-0.2, -0.15) is 0 Å². The molecule has 18 heavy (non-hydrogen) atoms. The van der Waals surface area contributed by atoms with Crippen molar-refractivity contribution < 1.29 is 14.3 Å². The molecule has 0 radical (unpaired) electrons. The van der Waals surface area contributed by atoms with Crippen LogP contribution in [0.5, 0.6) is 0 Å². The SMILES string of the molecule is COCCC(N)C(=O)N1CCCN(C(C)=O)CC1. The predicted octanol–water partition coefficient (Wildman–Crippen LogP) is -0.569. The van der Waals surface area contributed by atoms with E-state index in [0.717, 1.165) is 6.42 Å². The molecule has 1 saturated heterocycles. The van der Waals surface area contributed by atoms with Gasteiger partial charge in [-0.25, -0.2) is 0 Å². The maximum atomic E-state index is 12.1. The van der Waals surface area contributed by atoms with Gasteiger partial charge in [0, 0.05) is 46.8 Å². The van der Waals surface area contributed by atoms with Crippen LogP contribution in [0.4, 0.5) is 0 Å². The van der Waals surface area contributed by atoms with Gasteiger partial charge in [-0.05, 0) is 12.8 Å². The van der Waals surface area contributed by atoms with E-state index in [1.165, 1.54) is 0 Å². The molecule has 0 aromatic heterocycles. The fraction of sp³-hybridized carbons (Fsp3) is 0.833. The molecule has 1 fully saturated rings. The summed E-state index contributed by atoms with van der Waals surface area (Å²) in [7, 11) is 1.59. The monoisotopic (exact) mass is 257 g/mol. The van der Waals surface area contributed by atoms with E-state index >= 15 is 0 Å². The molecule has 1 rings (SSSR count). The Kier molecular flexibility index (Phi) is 6.07. The largest absolute Gasteiger partial charge is 0.385 e. The minimum absolute atomic E-state index is 0.0440. The standard InChI is InChI=1S/C12H23N3O3/c1-10(16)14-5-3-6-15(8-7-14)12(17)11(13)4-9-18-2/h11H,3-9,13H2,1-2H3. The number of carbonyl (C=O) groups excluding carboxylic acids is 2. The molecule has 0 aromatic carbocycles. The summed E-state index contributed by atoms with van der Waals surface area (Å²) in [5.41, 5.74) is 5.83. The van der Waals surface area contributed by atoms with E-state index in [2.05, 4.69) is 0 Å². The molecule has 2 amide bonds. The lowest BCUT2D eigenvalue weighted by Crippen LogP contribution is -2.45. The second-order valence-electron chi connectivity index (χ2n) is 4.57. The summed E-state index contributed by atoms with van der Waals surface area (Å²) in [6, 6.07) is -0.506. The van der Waals surface area contributed by atoms with E-state index in [4.69, 9.17) is 10.5 Å². The molecule has 6 heteroatoms. The highest BCUT2D eigenvalue weighted by Gasteiger charge is 2.24. The van der Waals surface area contributed by atoms with Crippen molar-refractivity contribution in [3.8, 4) is 0 Å². The summed E-state index contributed by atoms with van der Waals surface area (Å²) in [5.74, 6) is 0.0189. The van der Waals surface area contributed by atoms with Gasteiger partial charge in [0.2, 0.25) is 11.8 Å². The summed E-state index contributed by atoms with van der Waals surface area (Å²) in [5, 5.41) is 0. The van der Waals surface area contributed by atoms with Gasteiger partial charge in [-0.1, -0.05) is 0 Å². The second-order valence-corrected chi connectivity index (χ2v) is 4.57. The Balaban J connectivity index is 2.46. The first-order valence-corrected chi connectivity index (χ1v) is 6.35. The Hall–Kier alpha value is -1.14. The van der Waals surface area contributed by atoms with Crippen molar-refractivity contribution in [3.63, 3.8) is 0 Å². The van der Waals surface area contributed by atoms with Crippen LogP contribution in [0.2, 0.25) is 0 Å². The van der Waals surface area contributed by atoms with Crippen molar-refractivity contribution >= 4 is 11.8 Å². The van der Waals surface area contributed by atoms with Crippen LogP contribution >= 0.6 is 0 Å². The van der Waals surface area contributed by atoms with Crippen molar-refractivity contribution in [2.45, 2.75) is 25.8 Å². The average molecular weight is 257 g/mol. The Morgan fingerprint density at radius 1 is 1.22 bits per heavy atom. The van der Waals surface area contributed by atoms with E-state index in [9.17, 15) is 9.59 Å². The molecule has 0 aromatic rings. The topological polar surface area (TPSA) is 75.9 Å². The molecule has 1 atom stereocenters. The van der Waals surface area contributed by atoms with Gasteiger partial charge in [0.25, 0.3) is 0 Å². The van der Waals surface area contributed by atoms with Crippen LogP contribution in [0.1, 0.15) is 19.8 Å². The first kappa shape index (κ1) is 14.9. The molecule has 2 N–H and O–H groups in total. The number of hydrogen-bond acceptors (Lipinski definition) is 4. The number of nitrogens with two attached hydrogens (primary N) is 1. The van der Waals surface area contributed by atoms with Crippen LogP contribution in [-0.4, -0.2) is 67.6 Å². The molecule has 0 bridgehead atoms. The summed E-state index contributed by atoms with van der Waals surface area (Å²) in [6.45, 7) is 4.59. The van der Waals surface area contributed by atoms with Gasteiger partial charge in [0.1, 0.15) is 0 Å². The number of rotatable bonds is 4. The molecule has 0 spiro atoms. The molecule has 1 aliphatic heterocycles. The zero-order valence-electron chi connectivity index (χ0n) is 11.2. The minimum atomic E-state index is -0.506. The number of ether oxygens (including phenoxy) is 1. The van der Waals surface area contributed by atoms with Gasteiger partial charge in [0.05, 0.1) is 6.04 Å². The molecule has 6 nitrogen and oxygen atoms in total. The van der Waals surface area contributed by atoms with Crippen molar-refractivity contribution in [1.29, 1.82) is 0 Å². The molecule has 1 unspecified atom stereocenters. The number of amides is 2. The highest BCUT2D eigenvalue weighted by atomic mass is 16.5. The van der Waals surface area contributed by atoms with Crippen molar-refractivity contribution in [1.82, 2.24) is 9.80 Å². The maximum absolute atomic E-state index is 12.1. The summed E-state index contributed by atoms with van der Waals surface area (Å²) in [6.07, 6.45) is 1.34. The Morgan fingerprint density at radius 2 is 1.83 bits per heavy atom. The Morgan fingerprint density at radius 3 is 2.44 bits per heavy atom. The van der Waals surface area contributed by atoms with Crippen LogP contribution in [0.25, 0.3) is 0 Å². The minimum Gasteiger partial charge on any atom is -0.385 e. The first-order chi connectivity index (χ1) is 8.56. The van der Waals surface area contributed by atoms with Gasteiger partial charge in [0.15, 0.2) is 0 Å². The molecular formula is C12H23N3O3. The van der Waals surface area contributed by atoms with E-state index in [0.29, 0.717) is 39.2 Å². The van der Waals surface area contributed by atoms with Crippen molar-refractivity contribution in [3.05, 3.63) is 0 Å². The molecule has 104 valence electrons. The lowest BCUT2D eigenvalue weighted by molar-refractivity contribution is -0.134. The van der Waals surface area contributed by atoms with Gasteiger partial charge in [-0.3, -0.25) is 9.59 Å². The van der Waals surface area contributed by atoms with E-state index < -0.39 is 6.04 Å². The summed E-state index contributed by atoms with van der Waals surface area (Å²) >= 11 is 0. The highest BCUT2D eigenvalue weighted by Crippen LogP contribution is 2.06. The quantitative estimate of drug-likeness (QED) is 0.732. The zero-order valence-corrected chi connectivity index (χ0v) is 11.2. The van der Waals surface area contributed by atoms with E-state index in [1.54, 1.807) is 23.8 Å². The van der Waals surface area contributed by atoms with Gasteiger partial charge < -0.3 is 20.3 Å². The smallest absolute Gasteiger partial charge is 0.239 e. The maximum Gasteiger partial charge on any atom is 0.239 e. The van der Waals surface area contributed by atoms with Crippen molar-refractivity contribution in [2.75, 3.05) is 39.9 Å². The van der Waals surface area contributed by atoms with Crippen LogP contribution in [0.3, 0.4) is 0 Å². The third kappa shape index (κ3) is 4.27. The highest BCUT2D eigenvalue weighted by molar-refractivity contribution is 5.81.